The van der Waals surface area contributed by atoms with Gasteiger partial charge in [-0.25, -0.2) is 0 Å². The minimum atomic E-state index is 0.236. The molecule has 0 saturated heterocycles. The van der Waals surface area contributed by atoms with E-state index in [1.54, 1.807) is 11.8 Å². The van der Waals surface area contributed by atoms with Crippen molar-refractivity contribution in [3.05, 3.63) is 64.7 Å². The zero-order valence-corrected chi connectivity index (χ0v) is 21.6. The van der Waals surface area contributed by atoms with Gasteiger partial charge in [0.1, 0.15) is 0 Å². The molecular formula is C29H42OS. The van der Waals surface area contributed by atoms with Gasteiger partial charge in [0.05, 0.1) is 0 Å². The first-order chi connectivity index (χ1) is 15.0. The second-order valence-electron chi connectivity index (χ2n) is 8.25. The monoisotopic (exact) mass is 438 g/mol. The first-order valence-electron chi connectivity index (χ1n) is 12.0. The minimum Gasteiger partial charge on any atom is -0.294 e. The van der Waals surface area contributed by atoms with Crippen molar-refractivity contribution in [1.29, 1.82) is 0 Å². The van der Waals surface area contributed by atoms with Crippen molar-refractivity contribution < 1.29 is 4.79 Å². The highest BCUT2D eigenvalue weighted by molar-refractivity contribution is 7.99. The molecule has 0 atom stereocenters. The summed E-state index contributed by atoms with van der Waals surface area (Å²) < 4.78 is 0. The summed E-state index contributed by atoms with van der Waals surface area (Å²) in [6, 6.07) is 14.7. The van der Waals surface area contributed by atoms with Gasteiger partial charge in [0.2, 0.25) is 0 Å². The molecule has 2 aromatic carbocycles. The molecular weight excluding hydrogens is 396 g/mol. The van der Waals surface area contributed by atoms with Crippen LogP contribution in [0.25, 0.3) is 6.08 Å². The Labute approximate surface area is 195 Å². The Bertz CT molecular complexity index is 824. The third-order valence-corrected chi connectivity index (χ3v) is 6.29. The Hall–Kier alpha value is -1.80. The fourth-order valence-electron chi connectivity index (χ4n) is 3.64. The predicted molar refractivity (Wildman–Crippen MR) is 139 cm³/mol. The van der Waals surface area contributed by atoms with Crippen LogP contribution in [0.2, 0.25) is 0 Å². The number of rotatable bonds is 5. The van der Waals surface area contributed by atoms with Gasteiger partial charge in [-0.3, -0.25) is 4.79 Å². The summed E-state index contributed by atoms with van der Waals surface area (Å²) in [5.41, 5.74) is 4.61. The Morgan fingerprint density at radius 1 is 0.968 bits per heavy atom. The standard InChI is InChI=1S/C24H28OS.C3H8.C2H6/c1-17(2)15-20-11-7-8-12-23(20)26-22-14-13-21(16-18(22)3)24(25)19-9-5-4-6-10-19;1-3-2;1-2/h7-8,11-16,19H,4-6,9-10H2,1-3H3;3H2,1-2H3;1-2H3. The largest absolute Gasteiger partial charge is 0.294 e. The Morgan fingerprint density at radius 3 is 2.16 bits per heavy atom. The molecule has 1 aliphatic rings. The molecule has 1 nitrogen and oxygen atoms in total. The van der Waals surface area contributed by atoms with Gasteiger partial charge in [-0.15, -0.1) is 0 Å². The van der Waals surface area contributed by atoms with Gasteiger partial charge < -0.3 is 0 Å². The fourth-order valence-corrected chi connectivity index (χ4v) is 4.62. The molecule has 0 unspecified atom stereocenters. The number of carbonyl (C=O) groups is 1. The zero-order valence-electron chi connectivity index (χ0n) is 20.8. The van der Waals surface area contributed by atoms with Gasteiger partial charge in [0.15, 0.2) is 5.78 Å². The molecule has 2 aromatic rings. The van der Waals surface area contributed by atoms with E-state index in [1.807, 2.05) is 19.9 Å². The maximum absolute atomic E-state index is 12.8. The van der Waals surface area contributed by atoms with E-state index in [0.29, 0.717) is 5.78 Å². The van der Waals surface area contributed by atoms with E-state index in [0.717, 1.165) is 18.4 Å². The van der Waals surface area contributed by atoms with Crippen LogP contribution in [0.5, 0.6) is 0 Å². The van der Waals surface area contributed by atoms with Gasteiger partial charge in [0.25, 0.3) is 0 Å². The third-order valence-electron chi connectivity index (χ3n) is 5.02. The highest BCUT2D eigenvalue weighted by Gasteiger charge is 2.22. The van der Waals surface area contributed by atoms with Gasteiger partial charge in [0, 0.05) is 21.3 Å². The molecule has 0 radical (unpaired) electrons. The van der Waals surface area contributed by atoms with E-state index in [9.17, 15) is 4.79 Å². The van der Waals surface area contributed by atoms with Crippen molar-refractivity contribution in [3.63, 3.8) is 0 Å². The van der Waals surface area contributed by atoms with Crippen LogP contribution in [0.3, 0.4) is 0 Å². The summed E-state index contributed by atoms with van der Waals surface area (Å²) in [7, 11) is 0. The molecule has 2 heteroatoms. The minimum absolute atomic E-state index is 0.236. The normalized spacial score (nSPS) is 13.3. The lowest BCUT2D eigenvalue weighted by Crippen LogP contribution is -2.17. The lowest BCUT2D eigenvalue weighted by atomic mass is 9.84. The van der Waals surface area contributed by atoms with E-state index < -0.39 is 0 Å². The topological polar surface area (TPSA) is 17.1 Å². The van der Waals surface area contributed by atoms with E-state index >= 15 is 0 Å². The Balaban J connectivity index is 0.000000884. The molecule has 3 rings (SSSR count). The summed E-state index contributed by atoms with van der Waals surface area (Å²) >= 11 is 1.78. The number of benzene rings is 2. The molecule has 1 saturated carbocycles. The van der Waals surface area contributed by atoms with E-state index in [-0.39, 0.29) is 5.92 Å². The molecule has 170 valence electrons. The molecule has 0 bridgehead atoms. The number of carbonyl (C=O) groups excluding carboxylic acids is 1. The number of aryl methyl sites for hydroxylation is 1. The van der Waals surface area contributed by atoms with Crippen LogP contribution in [0.15, 0.2) is 57.8 Å². The van der Waals surface area contributed by atoms with Crippen molar-refractivity contribution in [1.82, 2.24) is 0 Å². The molecule has 0 aliphatic heterocycles. The van der Waals surface area contributed by atoms with Crippen molar-refractivity contribution in [2.45, 2.75) is 96.8 Å². The molecule has 0 N–H and O–H groups in total. The van der Waals surface area contributed by atoms with Crippen LogP contribution in [0, 0.1) is 12.8 Å². The molecule has 1 aliphatic carbocycles. The molecule has 31 heavy (non-hydrogen) atoms. The summed E-state index contributed by atoms with van der Waals surface area (Å²) in [5.74, 6) is 0.578. The van der Waals surface area contributed by atoms with Crippen LogP contribution in [0.1, 0.15) is 102 Å². The van der Waals surface area contributed by atoms with E-state index in [4.69, 9.17) is 0 Å². The van der Waals surface area contributed by atoms with Crippen molar-refractivity contribution in [2.24, 2.45) is 5.92 Å². The third kappa shape index (κ3) is 9.07. The molecule has 0 amide bonds. The van der Waals surface area contributed by atoms with Gasteiger partial charge in [-0.2, -0.15) is 0 Å². The SMILES string of the molecule is CC.CC(C)=Cc1ccccc1Sc1ccc(C(=O)C2CCCCC2)cc1C.CCC. The second kappa shape index (κ2) is 15.1. The summed E-state index contributed by atoms with van der Waals surface area (Å²) in [6.07, 6.45) is 9.27. The number of hydrogen-bond donors (Lipinski definition) is 0. The van der Waals surface area contributed by atoms with Crippen molar-refractivity contribution in [2.75, 3.05) is 0 Å². The lowest BCUT2D eigenvalue weighted by Gasteiger charge is -2.20. The summed E-state index contributed by atoms with van der Waals surface area (Å²) in [6.45, 7) is 14.6. The number of allylic oxidation sites excluding steroid dienone is 1. The average molecular weight is 439 g/mol. The summed E-state index contributed by atoms with van der Waals surface area (Å²) in [4.78, 5) is 15.3. The van der Waals surface area contributed by atoms with Crippen molar-refractivity contribution in [3.8, 4) is 0 Å². The van der Waals surface area contributed by atoms with Gasteiger partial charge in [-0.1, -0.05) is 101 Å². The van der Waals surface area contributed by atoms with E-state index in [1.165, 1.54) is 52.2 Å². The quantitative estimate of drug-likeness (QED) is 0.432. The zero-order chi connectivity index (χ0) is 23.2. The van der Waals surface area contributed by atoms with Crippen LogP contribution < -0.4 is 0 Å². The van der Waals surface area contributed by atoms with Crippen LogP contribution in [0.4, 0.5) is 0 Å². The average Bonchev–Trinajstić information content (AvgIpc) is 2.78. The summed E-state index contributed by atoms with van der Waals surface area (Å²) in [5, 5.41) is 0. The Morgan fingerprint density at radius 2 is 1.58 bits per heavy atom. The molecule has 0 aromatic heterocycles. The fraction of sp³-hybridized carbons (Fsp3) is 0.483. The van der Waals surface area contributed by atoms with Crippen molar-refractivity contribution >= 4 is 23.6 Å². The van der Waals surface area contributed by atoms with Gasteiger partial charge in [-0.05, 0) is 62.9 Å². The highest BCUT2D eigenvalue weighted by Crippen LogP contribution is 2.35. The smallest absolute Gasteiger partial charge is 0.165 e. The maximum atomic E-state index is 12.8. The first-order valence-corrected chi connectivity index (χ1v) is 12.8. The van der Waals surface area contributed by atoms with Crippen LogP contribution >= 0.6 is 11.8 Å². The predicted octanol–water partition coefficient (Wildman–Crippen LogP) is 9.77. The second-order valence-corrected chi connectivity index (χ2v) is 9.33. The van der Waals surface area contributed by atoms with E-state index in [2.05, 4.69) is 77.1 Å². The lowest BCUT2D eigenvalue weighted by molar-refractivity contribution is 0.0889. The number of ketones is 1. The molecule has 0 spiro atoms. The molecule has 1 fully saturated rings. The highest BCUT2D eigenvalue weighted by atomic mass is 32.2. The number of Topliss-reactive ketones (excluding diaryl/α,β-unsaturated/α-hetero) is 1. The van der Waals surface area contributed by atoms with Gasteiger partial charge >= 0.3 is 0 Å². The van der Waals surface area contributed by atoms with Crippen LogP contribution in [-0.4, -0.2) is 5.78 Å². The van der Waals surface area contributed by atoms with Crippen LogP contribution in [-0.2, 0) is 0 Å². The molecule has 0 heterocycles. The number of hydrogen-bond acceptors (Lipinski definition) is 2. The Kier molecular flexibility index (Phi) is 13.2. The first kappa shape index (κ1) is 27.2. The maximum Gasteiger partial charge on any atom is 0.165 e.